The van der Waals surface area contributed by atoms with Gasteiger partial charge in [-0.2, -0.15) is 0 Å². The first-order chi connectivity index (χ1) is 11.4. The number of hydrogen-bond donors (Lipinski definition) is 0. The van der Waals surface area contributed by atoms with E-state index in [1.54, 1.807) is 0 Å². The highest BCUT2D eigenvalue weighted by molar-refractivity contribution is 4.90. The van der Waals surface area contributed by atoms with Gasteiger partial charge in [0.25, 0.3) is 0 Å². The molecule has 2 heteroatoms. The van der Waals surface area contributed by atoms with Crippen molar-refractivity contribution in [2.45, 2.75) is 92.2 Å². The molecule has 1 atom stereocenters. The van der Waals surface area contributed by atoms with Crippen LogP contribution in [0.4, 0.5) is 0 Å². The van der Waals surface area contributed by atoms with Crippen molar-refractivity contribution >= 4 is 0 Å². The summed E-state index contributed by atoms with van der Waals surface area (Å²) in [6.07, 6.45) is 8.55. The summed E-state index contributed by atoms with van der Waals surface area (Å²) >= 11 is 0. The van der Waals surface area contributed by atoms with Crippen LogP contribution >= 0.6 is 0 Å². The predicted molar refractivity (Wildman–Crippen MR) is 106 cm³/mol. The van der Waals surface area contributed by atoms with E-state index in [9.17, 15) is 0 Å². The lowest BCUT2D eigenvalue weighted by Gasteiger charge is -2.48. The molecule has 142 valence electrons. The summed E-state index contributed by atoms with van der Waals surface area (Å²) in [4.78, 5) is 5.69. The number of nitrogens with zero attached hydrogens (tertiary/aromatic N) is 2. The largest absolute Gasteiger partial charge is 0.301 e. The van der Waals surface area contributed by atoms with Crippen LogP contribution in [0, 0.1) is 23.7 Å². The standard InChI is InChI=1S/C22H44N2/c1-17(2)11-12-23-13-14-24(22(16-23)15-18(3)4)21-9-7-20(8-10-21)19(5)6/h17-22H,7-16H2,1-6H3/t20?,21?,22-/m0/s1. The Kier molecular flexibility index (Phi) is 8.07. The van der Waals surface area contributed by atoms with Gasteiger partial charge in [0.05, 0.1) is 0 Å². The van der Waals surface area contributed by atoms with Crippen LogP contribution in [0.2, 0.25) is 0 Å². The summed E-state index contributed by atoms with van der Waals surface area (Å²) in [6, 6.07) is 1.67. The lowest BCUT2D eigenvalue weighted by molar-refractivity contribution is 0.00914. The maximum atomic E-state index is 2.93. The average Bonchev–Trinajstić information content (AvgIpc) is 2.52. The van der Waals surface area contributed by atoms with Gasteiger partial charge in [-0.05, 0) is 68.7 Å². The molecule has 0 N–H and O–H groups in total. The smallest absolute Gasteiger partial charge is 0.0229 e. The van der Waals surface area contributed by atoms with Gasteiger partial charge in [-0.15, -0.1) is 0 Å². The van der Waals surface area contributed by atoms with Crippen LogP contribution in [0.5, 0.6) is 0 Å². The second-order valence-electron chi connectivity index (χ2n) is 9.82. The Morgan fingerprint density at radius 2 is 1.50 bits per heavy atom. The highest BCUT2D eigenvalue weighted by Crippen LogP contribution is 2.34. The Labute approximate surface area is 152 Å². The molecule has 1 heterocycles. The van der Waals surface area contributed by atoms with Crippen molar-refractivity contribution < 1.29 is 0 Å². The molecule has 0 aromatic rings. The normalized spacial score (nSPS) is 30.6. The second kappa shape index (κ2) is 9.57. The minimum absolute atomic E-state index is 0.798. The van der Waals surface area contributed by atoms with E-state index in [0.717, 1.165) is 35.8 Å². The second-order valence-corrected chi connectivity index (χ2v) is 9.82. The SMILES string of the molecule is CC(C)CCN1CCN(C2CCC(C(C)C)CC2)[C@@H](CC(C)C)C1. The van der Waals surface area contributed by atoms with E-state index in [2.05, 4.69) is 51.3 Å². The van der Waals surface area contributed by atoms with Gasteiger partial charge < -0.3 is 4.90 Å². The molecule has 0 bridgehead atoms. The van der Waals surface area contributed by atoms with Gasteiger partial charge in [0, 0.05) is 31.7 Å². The third-order valence-corrected chi connectivity index (χ3v) is 6.53. The van der Waals surface area contributed by atoms with Gasteiger partial charge in [-0.25, -0.2) is 0 Å². The zero-order valence-electron chi connectivity index (χ0n) is 17.4. The van der Waals surface area contributed by atoms with Gasteiger partial charge in [0.2, 0.25) is 0 Å². The van der Waals surface area contributed by atoms with Crippen molar-refractivity contribution in [1.82, 2.24) is 9.80 Å². The van der Waals surface area contributed by atoms with Crippen LogP contribution in [-0.4, -0.2) is 48.1 Å². The van der Waals surface area contributed by atoms with Gasteiger partial charge in [-0.1, -0.05) is 41.5 Å². The molecule has 24 heavy (non-hydrogen) atoms. The fraction of sp³-hybridized carbons (Fsp3) is 1.00. The van der Waals surface area contributed by atoms with E-state index in [1.807, 2.05) is 0 Å². The molecule has 0 aromatic heterocycles. The molecule has 0 aromatic carbocycles. The third kappa shape index (κ3) is 6.02. The number of piperazine rings is 1. The van der Waals surface area contributed by atoms with Crippen molar-refractivity contribution in [1.29, 1.82) is 0 Å². The van der Waals surface area contributed by atoms with Crippen molar-refractivity contribution in [2.24, 2.45) is 23.7 Å². The van der Waals surface area contributed by atoms with Crippen LogP contribution in [0.3, 0.4) is 0 Å². The minimum atomic E-state index is 0.798. The molecule has 1 aliphatic heterocycles. The van der Waals surface area contributed by atoms with Crippen LogP contribution in [0.1, 0.15) is 80.1 Å². The molecule has 0 spiro atoms. The molecule has 1 aliphatic carbocycles. The van der Waals surface area contributed by atoms with E-state index in [4.69, 9.17) is 0 Å². The Balaban J connectivity index is 1.91. The predicted octanol–water partition coefficient (Wildman–Crippen LogP) is 5.28. The van der Waals surface area contributed by atoms with E-state index >= 15 is 0 Å². The van der Waals surface area contributed by atoms with Crippen LogP contribution in [0.25, 0.3) is 0 Å². The topological polar surface area (TPSA) is 6.48 Å². The molecule has 2 aliphatic rings. The summed E-state index contributed by atoms with van der Waals surface area (Å²) in [7, 11) is 0. The lowest BCUT2D eigenvalue weighted by Crippen LogP contribution is -2.57. The molecule has 2 nitrogen and oxygen atoms in total. The maximum absolute atomic E-state index is 2.93. The monoisotopic (exact) mass is 336 g/mol. The Hall–Kier alpha value is -0.0800. The van der Waals surface area contributed by atoms with Crippen molar-refractivity contribution in [3.05, 3.63) is 0 Å². The third-order valence-electron chi connectivity index (χ3n) is 6.53. The maximum Gasteiger partial charge on any atom is 0.0229 e. The fourth-order valence-electron chi connectivity index (χ4n) is 4.91. The van der Waals surface area contributed by atoms with E-state index in [1.165, 1.54) is 64.7 Å². The molecule has 2 rings (SSSR count). The first-order valence-corrected chi connectivity index (χ1v) is 10.8. The lowest BCUT2D eigenvalue weighted by atomic mass is 9.78. The minimum Gasteiger partial charge on any atom is -0.301 e. The molecule has 1 saturated heterocycles. The summed E-state index contributed by atoms with van der Waals surface area (Å²) in [5.41, 5.74) is 0. The van der Waals surface area contributed by atoms with Gasteiger partial charge in [0.1, 0.15) is 0 Å². The molecular weight excluding hydrogens is 292 g/mol. The van der Waals surface area contributed by atoms with Crippen LogP contribution in [-0.2, 0) is 0 Å². The van der Waals surface area contributed by atoms with Gasteiger partial charge >= 0.3 is 0 Å². The first kappa shape index (κ1) is 20.2. The van der Waals surface area contributed by atoms with Gasteiger partial charge in [0.15, 0.2) is 0 Å². The molecule has 0 radical (unpaired) electrons. The molecule has 1 saturated carbocycles. The van der Waals surface area contributed by atoms with Crippen molar-refractivity contribution in [2.75, 3.05) is 26.2 Å². The zero-order chi connectivity index (χ0) is 17.7. The quantitative estimate of drug-likeness (QED) is 0.624. The van der Waals surface area contributed by atoms with E-state index in [0.29, 0.717) is 0 Å². The highest BCUT2D eigenvalue weighted by atomic mass is 15.3. The van der Waals surface area contributed by atoms with Crippen LogP contribution < -0.4 is 0 Å². The van der Waals surface area contributed by atoms with E-state index in [-0.39, 0.29) is 0 Å². The molecular formula is C22H44N2. The average molecular weight is 337 g/mol. The molecule has 0 unspecified atom stereocenters. The molecule has 2 fully saturated rings. The highest BCUT2D eigenvalue weighted by Gasteiger charge is 2.34. The number of hydrogen-bond acceptors (Lipinski definition) is 2. The summed E-state index contributed by atoms with van der Waals surface area (Å²) in [5.74, 6) is 3.51. The van der Waals surface area contributed by atoms with Crippen LogP contribution in [0.15, 0.2) is 0 Å². The van der Waals surface area contributed by atoms with E-state index < -0.39 is 0 Å². The van der Waals surface area contributed by atoms with Gasteiger partial charge in [-0.3, -0.25) is 4.90 Å². The Bertz CT molecular complexity index is 342. The first-order valence-electron chi connectivity index (χ1n) is 10.8. The summed E-state index contributed by atoms with van der Waals surface area (Å²) in [6.45, 7) is 19.6. The van der Waals surface area contributed by atoms with Crippen molar-refractivity contribution in [3.8, 4) is 0 Å². The summed E-state index contributed by atoms with van der Waals surface area (Å²) in [5, 5.41) is 0. The number of rotatable bonds is 7. The Morgan fingerprint density at radius 1 is 0.833 bits per heavy atom. The molecule has 0 amide bonds. The van der Waals surface area contributed by atoms with Crippen molar-refractivity contribution in [3.63, 3.8) is 0 Å². The zero-order valence-corrected chi connectivity index (χ0v) is 17.4. The fourth-order valence-corrected chi connectivity index (χ4v) is 4.91. The Morgan fingerprint density at radius 3 is 2.04 bits per heavy atom. The summed E-state index contributed by atoms with van der Waals surface area (Å²) < 4.78 is 0.